The second kappa shape index (κ2) is 11.1. The van der Waals surface area contributed by atoms with Gasteiger partial charge in [-0.05, 0) is 30.9 Å². The molecule has 9 heteroatoms. The number of hydrogen-bond acceptors (Lipinski definition) is 8. The Morgan fingerprint density at radius 3 is 2.58 bits per heavy atom. The third-order valence-electron chi connectivity index (χ3n) is 6.57. The molecule has 0 aliphatic carbocycles. The van der Waals surface area contributed by atoms with Crippen LogP contribution in [0.5, 0.6) is 0 Å². The highest BCUT2D eigenvalue weighted by Crippen LogP contribution is 2.35. The summed E-state index contributed by atoms with van der Waals surface area (Å²) in [5.41, 5.74) is 2.54. The number of aryl methyl sites for hydroxylation is 1. The molecule has 2 aliphatic heterocycles. The van der Waals surface area contributed by atoms with E-state index in [-0.39, 0.29) is 17.9 Å². The molecule has 1 aromatic heterocycles. The standard InChI is InChI=1S/C24H35N5O4/c1-4-18-6-8-19(9-7-18)20-14-21(16-29(15-20)33-24(30)27(3)5-2)23-25-22(26-32-23)17-28-10-12-31-13-11-28/h6-9,20-21H,4-5,10-17H2,1-3H3. The molecule has 1 aromatic carbocycles. The van der Waals surface area contributed by atoms with Crippen molar-refractivity contribution in [1.82, 2.24) is 25.0 Å². The summed E-state index contributed by atoms with van der Waals surface area (Å²) in [6.45, 7) is 9.71. The van der Waals surface area contributed by atoms with E-state index in [0.29, 0.717) is 37.9 Å². The van der Waals surface area contributed by atoms with Gasteiger partial charge in [0, 0.05) is 45.7 Å². The average Bonchev–Trinajstić information content (AvgIpc) is 3.32. The van der Waals surface area contributed by atoms with Crippen LogP contribution in [0.15, 0.2) is 28.8 Å². The molecular formula is C24H35N5O4. The first-order valence-corrected chi connectivity index (χ1v) is 11.9. The number of aromatic nitrogens is 2. The van der Waals surface area contributed by atoms with Gasteiger partial charge in [-0.2, -0.15) is 4.98 Å². The highest BCUT2D eigenvalue weighted by Gasteiger charge is 2.35. The van der Waals surface area contributed by atoms with E-state index in [2.05, 4.69) is 41.2 Å². The largest absolute Gasteiger partial charge is 0.428 e. The number of carbonyl (C=O) groups is 1. The van der Waals surface area contributed by atoms with Crippen molar-refractivity contribution in [3.63, 3.8) is 0 Å². The van der Waals surface area contributed by atoms with Gasteiger partial charge in [0.15, 0.2) is 5.82 Å². The van der Waals surface area contributed by atoms with Crippen molar-refractivity contribution in [3.05, 3.63) is 47.1 Å². The van der Waals surface area contributed by atoms with E-state index >= 15 is 0 Å². The van der Waals surface area contributed by atoms with Crippen molar-refractivity contribution in [2.45, 2.75) is 45.1 Å². The number of carbonyl (C=O) groups excluding carboxylic acids is 1. The van der Waals surface area contributed by atoms with Crippen LogP contribution in [0.25, 0.3) is 0 Å². The average molecular weight is 458 g/mol. The van der Waals surface area contributed by atoms with Crippen LogP contribution in [0, 0.1) is 0 Å². The molecule has 2 fully saturated rings. The van der Waals surface area contributed by atoms with E-state index in [1.165, 1.54) is 11.1 Å². The Kier molecular flexibility index (Phi) is 7.95. The first-order chi connectivity index (χ1) is 16.1. The Morgan fingerprint density at radius 1 is 1.15 bits per heavy atom. The number of benzene rings is 1. The molecule has 0 N–H and O–H groups in total. The van der Waals surface area contributed by atoms with E-state index in [1.54, 1.807) is 17.0 Å². The summed E-state index contributed by atoms with van der Waals surface area (Å²) in [6.07, 6.45) is 1.52. The summed E-state index contributed by atoms with van der Waals surface area (Å²) in [5, 5.41) is 5.99. The molecule has 3 heterocycles. The summed E-state index contributed by atoms with van der Waals surface area (Å²) in [4.78, 5) is 26.7. The predicted molar refractivity (Wildman–Crippen MR) is 123 cm³/mol. The number of ether oxygens (including phenoxy) is 1. The third kappa shape index (κ3) is 6.10. The number of piperidine rings is 1. The molecule has 180 valence electrons. The monoisotopic (exact) mass is 457 g/mol. The van der Waals surface area contributed by atoms with Crippen molar-refractivity contribution >= 4 is 6.09 Å². The highest BCUT2D eigenvalue weighted by molar-refractivity contribution is 5.66. The van der Waals surface area contributed by atoms with Gasteiger partial charge in [-0.3, -0.25) is 4.90 Å². The zero-order chi connectivity index (χ0) is 23.2. The lowest BCUT2D eigenvalue weighted by Crippen LogP contribution is -2.42. The molecule has 2 aromatic rings. The van der Waals surface area contributed by atoms with Gasteiger partial charge in [-0.25, -0.2) is 4.79 Å². The predicted octanol–water partition coefficient (Wildman–Crippen LogP) is 3.04. The van der Waals surface area contributed by atoms with Crippen LogP contribution in [0.4, 0.5) is 4.79 Å². The molecule has 33 heavy (non-hydrogen) atoms. The third-order valence-corrected chi connectivity index (χ3v) is 6.57. The molecule has 2 atom stereocenters. The van der Waals surface area contributed by atoms with Gasteiger partial charge in [-0.1, -0.05) is 36.3 Å². The molecule has 0 saturated carbocycles. The Bertz CT molecular complexity index is 897. The summed E-state index contributed by atoms with van der Waals surface area (Å²) in [7, 11) is 1.74. The van der Waals surface area contributed by atoms with Gasteiger partial charge in [0.05, 0.1) is 25.7 Å². The first kappa shape index (κ1) is 23.7. The topological polar surface area (TPSA) is 84.2 Å². The fraction of sp³-hybridized carbons (Fsp3) is 0.625. The molecule has 2 unspecified atom stereocenters. The zero-order valence-electron chi connectivity index (χ0n) is 19.9. The summed E-state index contributed by atoms with van der Waals surface area (Å²) in [5.74, 6) is 1.48. The lowest BCUT2D eigenvalue weighted by Gasteiger charge is -2.35. The molecule has 4 rings (SSSR count). The number of hydroxylamine groups is 2. The molecule has 0 radical (unpaired) electrons. The Hall–Kier alpha value is -2.49. The van der Waals surface area contributed by atoms with Crippen LogP contribution in [0.3, 0.4) is 0 Å². The van der Waals surface area contributed by atoms with Crippen molar-refractivity contribution in [3.8, 4) is 0 Å². The maximum absolute atomic E-state index is 12.4. The summed E-state index contributed by atoms with van der Waals surface area (Å²) >= 11 is 0. The second-order valence-electron chi connectivity index (χ2n) is 8.88. The fourth-order valence-corrected chi connectivity index (χ4v) is 4.35. The lowest BCUT2D eigenvalue weighted by atomic mass is 9.85. The minimum absolute atomic E-state index is 0.0136. The minimum Gasteiger partial charge on any atom is -0.379 e. The lowest BCUT2D eigenvalue weighted by molar-refractivity contribution is -0.131. The number of amides is 1. The van der Waals surface area contributed by atoms with Gasteiger partial charge < -0.3 is 19.0 Å². The number of morpholine rings is 1. The normalized spacial score (nSPS) is 22.3. The van der Waals surface area contributed by atoms with Crippen LogP contribution in [-0.4, -0.2) is 84.1 Å². The number of hydrogen-bond donors (Lipinski definition) is 0. The summed E-state index contributed by atoms with van der Waals surface area (Å²) in [6, 6.07) is 8.71. The number of rotatable bonds is 7. The smallest absolute Gasteiger partial charge is 0.379 e. The van der Waals surface area contributed by atoms with Crippen LogP contribution in [-0.2, 0) is 22.5 Å². The van der Waals surface area contributed by atoms with Gasteiger partial charge in [0.1, 0.15) is 0 Å². The first-order valence-electron chi connectivity index (χ1n) is 11.9. The summed E-state index contributed by atoms with van der Waals surface area (Å²) < 4.78 is 11.1. The zero-order valence-corrected chi connectivity index (χ0v) is 19.9. The van der Waals surface area contributed by atoms with Crippen LogP contribution in [0.2, 0.25) is 0 Å². The molecule has 0 bridgehead atoms. The van der Waals surface area contributed by atoms with Crippen LogP contribution >= 0.6 is 0 Å². The van der Waals surface area contributed by atoms with Gasteiger partial charge in [-0.15, -0.1) is 5.06 Å². The molecule has 1 amide bonds. The Morgan fingerprint density at radius 2 is 1.88 bits per heavy atom. The second-order valence-corrected chi connectivity index (χ2v) is 8.88. The Balaban J connectivity index is 1.49. The SMILES string of the molecule is CCc1ccc(C2CC(c3nc(CN4CCOCC4)no3)CN(OC(=O)N(C)CC)C2)cc1. The molecule has 2 saturated heterocycles. The molecule has 2 aliphatic rings. The van der Waals surface area contributed by atoms with E-state index in [0.717, 1.165) is 39.1 Å². The Labute approximate surface area is 195 Å². The van der Waals surface area contributed by atoms with Gasteiger partial charge in [0.25, 0.3) is 0 Å². The van der Waals surface area contributed by atoms with Crippen molar-refractivity contribution in [1.29, 1.82) is 0 Å². The van der Waals surface area contributed by atoms with Crippen molar-refractivity contribution < 1.29 is 18.9 Å². The minimum atomic E-state index is -0.350. The maximum atomic E-state index is 12.4. The van der Waals surface area contributed by atoms with Crippen LogP contribution in [0.1, 0.15) is 54.9 Å². The van der Waals surface area contributed by atoms with E-state index in [9.17, 15) is 4.79 Å². The highest BCUT2D eigenvalue weighted by atomic mass is 16.7. The van der Waals surface area contributed by atoms with Crippen molar-refractivity contribution in [2.75, 3.05) is 53.0 Å². The van der Waals surface area contributed by atoms with Crippen molar-refractivity contribution in [2.24, 2.45) is 0 Å². The van der Waals surface area contributed by atoms with E-state index in [4.69, 9.17) is 19.1 Å². The molecule has 0 spiro atoms. The van der Waals surface area contributed by atoms with E-state index in [1.807, 2.05) is 6.92 Å². The van der Waals surface area contributed by atoms with Gasteiger partial charge >= 0.3 is 6.09 Å². The molecular weight excluding hydrogens is 422 g/mol. The van der Waals surface area contributed by atoms with E-state index < -0.39 is 0 Å². The fourth-order valence-electron chi connectivity index (χ4n) is 4.35. The number of nitrogens with zero attached hydrogens (tertiary/aromatic N) is 5. The maximum Gasteiger partial charge on any atom is 0.428 e. The quantitative estimate of drug-likeness (QED) is 0.627. The molecule has 9 nitrogen and oxygen atoms in total. The van der Waals surface area contributed by atoms with Gasteiger partial charge in [0.2, 0.25) is 5.89 Å². The van der Waals surface area contributed by atoms with Crippen LogP contribution < -0.4 is 0 Å².